The highest BCUT2D eigenvalue weighted by Crippen LogP contribution is 2.32. The van der Waals surface area contributed by atoms with Crippen molar-refractivity contribution in [3.05, 3.63) is 83.4 Å². The minimum atomic E-state index is -1.28. The summed E-state index contributed by atoms with van der Waals surface area (Å²) in [6, 6.07) is 16.5. The molecule has 11 heteroatoms. The minimum absolute atomic E-state index is 0.122. The maximum atomic E-state index is 14.8. The Bertz CT molecular complexity index is 1560. The van der Waals surface area contributed by atoms with Crippen molar-refractivity contribution < 1.29 is 37.7 Å². The molecule has 43 heavy (non-hydrogen) atoms. The van der Waals surface area contributed by atoms with Crippen LogP contribution in [0.3, 0.4) is 0 Å². The third-order valence-electron chi connectivity index (χ3n) is 6.71. The van der Waals surface area contributed by atoms with Crippen molar-refractivity contribution in [1.29, 1.82) is 5.26 Å². The van der Waals surface area contributed by atoms with Gasteiger partial charge in [0.25, 0.3) is 5.91 Å². The predicted octanol–water partition coefficient (Wildman–Crippen LogP) is 6.17. The molecule has 1 fully saturated rings. The van der Waals surface area contributed by atoms with Crippen LogP contribution in [0, 0.1) is 23.0 Å². The molecule has 0 bridgehead atoms. The van der Waals surface area contributed by atoms with Gasteiger partial charge in [0.15, 0.2) is 11.6 Å². The molecule has 224 valence electrons. The molecule has 1 heterocycles. The number of halogens is 2. The summed E-state index contributed by atoms with van der Waals surface area (Å²) in [5, 5.41) is 18.6. The van der Waals surface area contributed by atoms with Crippen molar-refractivity contribution in [3.63, 3.8) is 0 Å². The second kappa shape index (κ2) is 12.9. The summed E-state index contributed by atoms with van der Waals surface area (Å²) in [4.78, 5) is 39.2. The molecule has 0 aliphatic carbocycles. The fourth-order valence-electron chi connectivity index (χ4n) is 4.71. The molecule has 9 nitrogen and oxygen atoms in total. The van der Waals surface area contributed by atoms with E-state index in [0.29, 0.717) is 41.8 Å². The van der Waals surface area contributed by atoms with E-state index in [0.717, 1.165) is 11.0 Å². The molecule has 0 aromatic heterocycles. The molecule has 3 aromatic carbocycles. The SMILES string of the molecule is CC(C)(C)OC(=O)N(CC#N)c1cc(-c2ccc(OCc3cccc(C(=O)N4CCC[C@H]4C(=O)O)c3)cc2)cc(F)c1F. The van der Waals surface area contributed by atoms with Gasteiger partial charge in [0, 0.05) is 12.1 Å². The van der Waals surface area contributed by atoms with E-state index in [1.54, 1.807) is 75.4 Å². The van der Waals surface area contributed by atoms with Crippen LogP contribution in [0.2, 0.25) is 0 Å². The number of carboxylic acid groups (broad SMARTS) is 1. The number of benzene rings is 3. The number of likely N-dealkylation sites (tertiary alicyclic amines) is 1. The van der Waals surface area contributed by atoms with E-state index in [4.69, 9.17) is 9.47 Å². The molecule has 2 amide bonds. The number of anilines is 1. The number of aliphatic carboxylic acids is 1. The molecular formula is C32H31F2N3O6. The van der Waals surface area contributed by atoms with Gasteiger partial charge < -0.3 is 19.5 Å². The van der Waals surface area contributed by atoms with E-state index in [-0.39, 0.29) is 18.1 Å². The van der Waals surface area contributed by atoms with Crippen molar-refractivity contribution in [1.82, 2.24) is 4.90 Å². The van der Waals surface area contributed by atoms with Crippen LogP contribution in [0.4, 0.5) is 19.3 Å². The Morgan fingerprint density at radius 3 is 2.44 bits per heavy atom. The van der Waals surface area contributed by atoms with Gasteiger partial charge in [0.2, 0.25) is 0 Å². The van der Waals surface area contributed by atoms with E-state index >= 15 is 0 Å². The van der Waals surface area contributed by atoms with E-state index in [9.17, 15) is 33.5 Å². The largest absolute Gasteiger partial charge is 0.489 e. The summed E-state index contributed by atoms with van der Waals surface area (Å²) < 4.78 is 40.6. The first kappa shape index (κ1) is 31.0. The first-order valence-electron chi connectivity index (χ1n) is 13.6. The number of ether oxygens (including phenoxy) is 2. The average Bonchev–Trinajstić information content (AvgIpc) is 3.46. The standard InChI is InChI=1S/C32H31F2N3O6/c1-32(2,3)43-31(41)37(15-13-35)27-18-23(17-25(33)28(27)34)21-9-11-24(12-10-21)42-19-20-6-4-7-22(16-20)29(38)36-14-5-8-26(36)30(39)40/h4,6-7,9-12,16-18,26H,5,8,14-15,19H2,1-3H3,(H,39,40)/t26-/m0/s1. The number of nitriles is 1. The number of hydrogen-bond donors (Lipinski definition) is 1. The zero-order valence-corrected chi connectivity index (χ0v) is 24.0. The van der Waals surface area contributed by atoms with Crippen LogP contribution in [-0.2, 0) is 16.1 Å². The summed E-state index contributed by atoms with van der Waals surface area (Å²) >= 11 is 0. The van der Waals surface area contributed by atoms with Gasteiger partial charge in [0.05, 0.1) is 11.8 Å². The number of hydrogen-bond acceptors (Lipinski definition) is 6. The second-order valence-electron chi connectivity index (χ2n) is 11.0. The van der Waals surface area contributed by atoms with Gasteiger partial charge >= 0.3 is 12.1 Å². The summed E-state index contributed by atoms with van der Waals surface area (Å²) in [7, 11) is 0. The Kier molecular flexibility index (Phi) is 9.29. The lowest BCUT2D eigenvalue weighted by Crippen LogP contribution is -2.40. The molecule has 1 N–H and O–H groups in total. The highest BCUT2D eigenvalue weighted by atomic mass is 19.2. The van der Waals surface area contributed by atoms with Crippen molar-refractivity contribution in [3.8, 4) is 22.9 Å². The maximum Gasteiger partial charge on any atom is 0.415 e. The molecule has 0 spiro atoms. The van der Waals surface area contributed by atoms with Crippen molar-refractivity contribution in [2.45, 2.75) is 51.9 Å². The second-order valence-corrected chi connectivity index (χ2v) is 11.0. The van der Waals surface area contributed by atoms with E-state index in [2.05, 4.69) is 0 Å². The van der Waals surface area contributed by atoms with Crippen LogP contribution in [0.1, 0.15) is 49.5 Å². The highest BCUT2D eigenvalue weighted by molar-refractivity contribution is 5.97. The number of rotatable bonds is 8. The Balaban J connectivity index is 1.48. The number of nitrogens with zero attached hydrogens (tertiary/aromatic N) is 3. The molecule has 1 aliphatic rings. The monoisotopic (exact) mass is 591 g/mol. The number of amides is 2. The van der Waals surface area contributed by atoms with Crippen LogP contribution in [0.15, 0.2) is 60.7 Å². The Labute approximate surface area is 247 Å². The highest BCUT2D eigenvalue weighted by Gasteiger charge is 2.34. The van der Waals surface area contributed by atoms with Crippen LogP contribution >= 0.6 is 0 Å². The normalized spacial score (nSPS) is 14.6. The van der Waals surface area contributed by atoms with Crippen LogP contribution in [-0.4, -0.2) is 52.7 Å². The molecule has 1 saturated heterocycles. The van der Waals surface area contributed by atoms with Gasteiger partial charge in [-0.2, -0.15) is 5.26 Å². The van der Waals surface area contributed by atoms with Gasteiger partial charge in [-0.15, -0.1) is 0 Å². The lowest BCUT2D eigenvalue weighted by atomic mass is 10.0. The number of carboxylic acids is 1. The Hall–Kier alpha value is -4.98. The minimum Gasteiger partial charge on any atom is -0.489 e. The molecule has 3 aromatic rings. The number of carbonyl (C=O) groups excluding carboxylic acids is 2. The van der Waals surface area contributed by atoms with E-state index in [1.165, 1.54) is 11.0 Å². The Morgan fingerprint density at radius 2 is 1.79 bits per heavy atom. The summed E-state index contributed by atoms with van der Waals surface area (Å²) in [6.45, 7) is 4.82. The Morgan fingerprint density at radius 1 is 1.07 bits per heavy atom. The third-order valence-corrected chi connectivity index (χ3v) is 6.71. The zero-order valence-electron chi connectivity index (χ0n) is 24.0. The van der Waals surface area contributed by atoms with E-state index in [1.807, 2.05) is 0 Å². The van der Waals surface area contributed by atoms with Gasteiger partial charge in [-0.25, -0.2) is 18.4 Å². The van der Waals surface area contributed by atoms with Crippen molar-refractivity contribution >= 4 is 23.7 Å². The molecule has 0 saturated carbocycles. The van der Waals surface area contributed by atoms with E-state index < -0.39 is 47.6 Å². The third kappa shape index (κ3) is 7.46. The molecular weight excluding hydrogens is 560 g/mol. The number of carbonyl (C=O) groups is 3. The first-order valence-corrected chi connectivity index (χ1v) is 13.6. The quantitative estimate of drug-likeness (QED) is 0.311. The van der Waals surface area contributed by atoms with Gasteiger partial charge in [0.1, 0.15) is 30.5 Å². The fourth-order valence-corrected chi connectivity index (χ4v) is 4.71. The summed E-state index contributed by atoms with van der Waals surface area (Å²) in [5.74, 6) is -3.38. The topological polar surface area (TPSA) is 120 Å². The van der Waals surface area contributed by atoms with Crippen LogP contribution in [0.5, 0.6) is 5.75 Å². The molecule has 0 unspecified atom stereocenters. The first-order chi connectivity index (χ1) is 20.4. The lowest BCUT2D eigenvalue weighted by molar-refractivity contribution is -0.141. The smallest absolute Gasteiger partial charge is 0.415 e. The van der Waals surface area contributed by atoms with Gasteiger partial charge in [-0.3, -0.25) is 9.69 Å². The fraction of sp³-hybridized carbons (Fsp3) is 0.312. The van der Waals surface area contributed by atoms with Crippen LogP contribution < -0.4 is 9.64 Å². The lowest BCUT2D eigenvalue weighted by Gasteiger charge is -2.26. The maximum absolute atomic E-state index is 14.8. The molecule has 1 aliphatic heterocycles. The molecule has 0 radical (unpaired) electrons. The average molecular weight is 592 g/mol. The van der Waals surface area contributed by atoms with Gasteiger partial charge in [-0.1, -0.05) is 24.3 Å². The van der Waals surface area contributed by atoms with Crippen molar-refractivity contribution in [2.24, 2.45) is 0 Å². The zero-order chi connectivity index (χ0) is 31.3. The van der Waals surface area contributed by atoms with Gasteiger partial charge in [-0.05, 0) is 86.7 Å². The molecule has 1 atom stereocenters. The summed E-state index contributed by atoms with van der Waals surface area (Å²) in [6.07, 6.45) is 0.0733. The van der Waals surface area contributed by atoms with Crippen LogP contribution in [0.25, 0.3) is 11.1 Å². The predicted molar refractivity (Wildman–Crippen MR) is 153 cm³/mol. The summed E-state index contributed by atoms with van der Waals surface area (Å²) in [5.41, 5.74) is 0.492. The van der Waals surface area contributed by atoms with Crippen molar-refractivity contribution in [2.75, 3.05) is 18.0 Å². The molecule has 4 rings (SSSR count).